The molecule has 0 radical (unpaired) electrons. The summed E-state index contributed by atoms with van der Waals surface area (Å²) >= 11 is 6.18. The molecule has 0 spiro atoms. The van der Waals surface area contributed by atoms with Gasteiger partial charge in [0.1, 0.15) is 6.29 Å². The highest BCUT2D eigenvalue weighted by Crippen LogP contribution is 2.41. The summed E-state index contributed by atoms with van der Waals surface area (Å²) in [4.78, 5) is 15.8. The fraction of sp³-hybridized carbons (Fsp3) is 0.250. The van der Waals surface area contributed by atoms with Gasteiger partial charge in [-0.15, -0.1) is 0 Å². The summed E-state index contributed by atoms with van der Waals surface area (Å²) in [6.45, 7) is 1.86. The molecule has 0 fully saturated rings. The van der Waals surface area contributed by atoms with Crippen LogP contribution < -0.4 is 9.80 Å². The lowest BCUT2D eigenvalue weighted by Crippen LogP contribution is -2.14. The number of carbonyl (C=O) groups excluding carboxylic acids is 1. The molecule has 0 bridgehead atoms. The second kappa shape index (κ2) is 10.5. The van der Waals surface area contributed by atoms with Crippen molar-refractivity contribution in [3.63, 3.8) is 0 Å². The normalized spacial score (nSPS) is 12.5. The Morgan fingerprint density at radius 1 is 0.719 bits per heavy atom. The SMILES string of the molecule is C/C(C=O)=C\[C@@H](c1ccc(Cl)cc1)C(c1ccc(N(C)C)cc1)c1ccc(N(C)C)cc1. The Kier molecular flexibility index (Phi) is 7.76. The van der Waals surface area contributed by atoms with Crippen LogP contribution in [0.25, 0.3) is 0 Å². The molecule has 0 heterocycles. The van der Waals surface area contributed by atoms with E-state index in [0.717, 1.165) is 23.2 Å². The Hall–Kier alpha value is -3.04. The number of carbonyl (C=O) groups is 1. The first-order chi connectivity index (χ1) is 15.3. The van der Waals surface area contributed by atoms with E-state index in [1.165, 1.54) is 11.1 Å². The van der Waals surface area contributed by atoms with Crippen molar-refractivity contribution < 1.29 is 4.79 Å². The van der Waals surface area contributed by atoms with Crippen LogP contribution in [0.15, 0.2) is 84.4 Å². The van der Waals surface area contributed by atoms with E-state index in [-0.39, 0.29) is 11.8 Å². The predicted molar refractivity (Wildman–Crippen MR) is 137 cm³/mol. The average Bonchev–Trinajstić information content (AvgIpc) is 2.79. The van der Waals surface area contributed by atoms with E-state index in [4.69, 9.17) is 11.6 Å². The number of nitrogens with zero attached hydrogens (tertiary/aromatic N) is 2. The number of halogens is 1. The number of anilines is 2. The maximum atomic E-state index is 11.6. The van der Waals surface area contributed by atoms with Crippen LogP contribution in [0.5, 0.6) is 0 Å². The number of hydrogen-bond donors (Lipinski definition) is 0. The van der Waals surface area contributed by atoms with Crippen LogP contribution in [-0.2, 0) is 4.79 Å². The highest BCUT2D eigenvalue weighted by molar-refractivity contribution is 6.30. The van der Waals surface area contributed by atoms with E-state index in [9.17, 15) is 4.79 Å². The first kappa shape index (κ1) is 23.6. The minimum absolute atomic E-state index is 0.0205. The van der Waals surface area contributed by atoms with Crippen molar-refractivity contribution in [1.82, 2.24) is 0 Å². The molecule has 0 aromatic heterocycles. The summed E-state index contributed by atoms with van der Waals surface area (Å²) in [5.74, 6) is 0.0198. The Morgan fingerprint density at radius 2 is 1.12 bits per heavy atom. The van der Waals surface area contributed by atoms with Gasteiger partial charge in [0.25, 0.3) is 0 Å². The monoisotopic (exact) mass is 446 g/mol. The van der Waals surface area contributed by atoms with Gasteiger partial charge in [-0.3, -0.25) is 4.79 Å². The van der Waals surface area contributed by atoms with Gasteiger partial charge >= 0.3 is 0 Å². The molecule has 0 N–H and O–H groups in total. The molecule has 0 unspecified atom stereocenters. The minimum Gasteiger partial charge on any atom is -0.378 e. The van der Waals surface area contributed by atoms with Crippen molar-refractivity contribution in [1.29, 1.82) is 0 Å². The smallest absolute Gasteiger partial charge is 0.145 e. The van der Waals surface area contributed by atoms with Crippen molar-refractivity contribution in [2.75, 3.05) is 38.0 Å². The van der Waals surface area contributed by atoms with Crippen LogP contribution in [0.3, 0.4) is 0 Å². The Balaban J connectivity index is 2.19. The fourth-order valence-electron chi connectivity index (χ4n) is 3.96. The highest BCUT2D eigenvalue weighted by atomic mass is 35.5. The lowest BCUT2D eigenvalue weighted by Gasteiger charge is -2.28. The zero-order chi connectivity index (χ0) is 23.3. The number of allylic oxidation sites excluding steroid dienone is 2. The topological polar surface area (TPSA) is 23.6 Å². The first-order valence-electron chi connectivity index (χ1n) is 10.7. The molecular weight excluding hydrogens is 416 g/mol. The summed E-state index contributed by atoms with van der Waals surface area (Å²) in [7, 11) is 8.16. The average molecular weight is 447 g/mol. The second-order valence-electron chi connectivity index (χ2n) is 8.56. The predicted octanol–water partition coefficient (Wildman–Crippen LogP) is 6.53. The summed E-state index contributed by atoms with van der Waals surface area (Å²) < 4.78 is 0. The molecule has 0 aliphatic carbocycles. The summed E-state index contributed by atoms with van der Waals surface area (Å²) in [5, 5.41) is 0.700. The molecule has 0 saturated carbocycles. The molecule has 3 aromatic rings. The van der Waals surface area contributed by atoms with E-state index in [1.807, 2.05) is 47.2 Å². The molecule has 3 nitrogen and oxygen atoms in total. The maximum Gasteiger partial charge on any atom is 0.145 e. The summed E-state index contributed by atoms with van der Waals surface area (Å²) in [5.41, 5.74) is 6.53. The molecule has 32 heavy (non-hydrogen) atoms. The molecule has 0 aliphatic rings. The second-order valence-corrected chi connectivity index (χ2v) is 8.99. The quantitative estimate of drug-likeness (QED) is 0.290. The third-order valence-electron chi connectivity index (χ3n) is 5.78. The molecular formula is C28H31ClN2O. The lowest BCUT2D eigenvalue weighted by molar-refractivity contribution is -0.104. The highest BCUT2D eigenvalue weighted by Gasteiger charge is 2.25. The van der Waals surface area contributed by atoms with Crippen LogP contribution in [0.2, 0.25) is 5.02 Å². The van der Waals surface area contributed by atoms with E-state index >= 15 is 0 Å². The van der Waals surface area contributed by atoms with Gasteiger partial charge in [0.15, 0.2) is 0 Å². The standard InChI is InChI=1S/C28H31ClN2O/c1-20(19-32)18-27(21-6-12-24(29)13-7-21)28(22-8-14-25(15-9-22)30(2)3)23-10-16-26(17-11-23)31(4)5/h6-19,27-28H,1-5H3/b20-18+/t27-/m0/s1. The Labute approximate surface area is 196 Å². The van der Waals surface area contributed by atoms with Crippen LogP contribution in [0.4, 0.5) is 11.4 Å². The Bertz CT molecular complexity index is 1000. The van der Waals surface area contributed by atoms with E-state index in [2.05, 4.69) is 76.5 Å². The third kappa shape index (κ3) is 5.60. The van der Waals surface area contributed by atoms with E-state index < -0.39 is 0 Å². The van der Waals surface area contributed by atoms with Crippen LogP contribution in [-0.4, -0.2) is 34.5 Å². The van der Waals surface area contributed by atoms with Crippen molar-refractivity contribution in [3.05, 3.63) is 106 Å². The van der Waals surface area contributed by atoms with Gasteiger partial charge in [0.2, 0.25) is 0 Å². The zero-order valence-corrected chi connectivity index (χ0v) is 20.2. The first-order valence-corrected chi connectivity index (χ1v) is 11.1. The van der Waals surface area contributed by atoms with Crippen LogP contribution in [0, 0.1) is 0 Å². The molecule has 166 valence electrons. The molecule has 4 heteroatoms. The molecule has 0 amide bonds. The van der Waals surface area contributed by atoms with Crippen molar-refractivity contribution in [3.8, 4) is 0 Å². The number of hydrogen-bond acceptors (Lipinski definition) is 3. The number of rotatable bonds is 8. The van der Waals surface area contributed by atoms with Crippen molar-refractivity contribution >= 4 is 29.3 Å². The molecule has 0 aliphatic heterocycles. The van der Waals surface area contributed by atoms with E-state index in [1.54, 1.807) is 0 Å². The maximum absolute atomic E-state index is 11.6. The largest absolute Gasteiger partial charge is 0.378 e. The van der Waals surface area contributed by atoms with Crippen LogP contribution >= 0.6 is 11.6 Å². The minimum atomic E-state index is -0.0205. The van der Waals surface area contributed by atoms with Gasteiger partial charge in [-0.2, -0.15) is 0 Å². The number of benzene rings is 3. The van der Waals surface area contributed by atoms with Gasteiger partial charge in [0, 0.05) is 56.4 Å². The lowest BCUT2D eigenvalue weighted by atomic mass is 9.76. The molecule has 0 saturated heterocycles. The van der Waals surface area contributed by atoms with Crippen LogP contribution in [0.1, 0.15) is 35.4 Å². The van der Waals surface area contributed by atoms with Gasteiger partial charge in [-0.25, -0.2) is 0 Å². The van der Waals surface area contributed by atoms with Gasteiger partial charge in [-0.1, -0.05) is 54.1 Å². The zero-order valence-electron chi connectivity index (χ0n) is 19.4. The third-order valence-corrected chi connectivity index (χ3v) is 6.03. The fourth-order valence-corrected chi connectivity index (χ4v) is 4.09. The van der Waals surface area contributed by atoms with Gasteiger partial charge < -0.3 is 9.80 Å². The summed E-state index contributed by atoms with van der Waals surface area (Å²) in [6, 6.07) is 25.3. The molecule has 3 aromatic carbocycles. The molecule has 3 rings (SSSR count). The van der Waals surface area contributed by atoms with Crippen molar-refractivity contribution in [2.45, 2.75) is 18.8 Å². The summed E-state index contributed by atoms with van der Waals surface area (Å²) in [6.07, 6.45) is 2.99. The molecule has 1 atom stereocenters. The van der Waals surface area contributed by atoms with Gasteiger partial charge in [-0.05, 0) is 65.6 Å². The number of aldehydes is 1. The Morgan fingerprint density at radius 3 is 1.50 bits per heavy atom. The van der Waals surface area contributed by atoms with Crippen molar-refractivity contribution in [2.24, 2.45) is 0 Å². The van der Waals surface area contributed by atoms with E-state index in [0.29, 0.717) is 10.6 Å². The van der Waals surface area contributed by atoms with Gasteiger partial charge in [0.05, 0.1) is 0 Å².